The summed E-state index contributed by atoms with van der Waals surface area (Å²) in [6.45, 7) is 0.0967. The molecule has 0 spiro atoms. The van der Waals surface area contributed by atoms with Crippen LogP contribution in [0.1, 0.15) is 17.9 Å². The number of carboxylic acids is 1. The van der Waals surface area contributed by atoms with Gasteiger partial charge in [-0.2, -0.15) is 0 Å². The van der Waals surface area contributed by atoms with Crippen LogP contribution in [-0.2, 0) is 4.79 Å². The van der Waals surface area contributed by atoms with Crippen molar-refractivity contribution in [2.24, 2.45) is 5.92 Å². The number of rotatable bonds is 2. The summed E-state index contributed by atoms with van der Waals surface area (Å²) in [5.74, 6) is -2.75. The van der Waals surface area contributed by atoms with Gasteiger partial charge in [0.05, 0.1) is 18.8 Å². The fraction of sp³-hybridized carbons (Fsp3) is 0.533. The molecule has 1 aliphatic carbocycles. The highest BCUT2D eigenvalue weighted by atomic mass is 16.5. The van der Waals surface area contributed by atoms with Crippen LogP contribution in [0.25, 0.3) is 0 Å². The molecule has 7 heteroatoms. The molecule has 1 aromatic rings. The van der Waals surface area contributed by atoms with Gasteiger partial charge in [-0.25, -0.2) is 4.79 Å². The Morgan fingerprint density at radius 3 is 2.55 bits per heavy atom. The summed E-state index contributed by atoms with van der Waals surface area (Å²) < 4.78 is 5.49. The van der Waals surface area contributed by atoms with Crippen LogP contribution in [0.15, 0.2) is 24.3 Å². The van der Waals surface area contributed by atoms with Crippen LogP contribution in [0.5, 0.6) is 5.75 Å². The number of benzene rings is 1. The Labute approximate surface area is 126 Å². The number of para-hydroxylation sites is 1. The highest BCUT2D eigenvalue weighted by molar-refractivity contribution is 5.78. The predicted octanol–water partition coefficient (Wildman–Crippen LogP) is -0.919. The molecule has 1 saturated carbocycles. The zero-order valence-electron chi connectivity index (χ0n) is 11.7. The van der Waals surface area contributed by atoms with Crippen molar-refractivity contribution in [2.75, 3.05) is 6.61 Å². The molecule has 7 nitrogen and oxygen atoms in total. The Kier molecular flexibility index (Phi) is 3.60. The maximum Gasteiger partial charge on any atom is 0.336 e. The summed E-state index contributed by atoms with van der Waals surface area (Å²) in [6.07, 6.45) is -5.16. The largest absolute Gasteiger partial charge is 0.493 e. The van der Waals surface area contributed by atoms with Gasteiger partial charge in [0.25, 0.3) is 0 Å². The van der Waals surface area contributed by atoms with Crippen LogP contribution in [0.4, 0.5) is 0 Å². The molecule has 1 aromatic carbocycles. The third kappa shape index (κ3) is 2.09. The van der Waals surface area contributed by atoms with E-state index in [0.717, 1.165) is 0 Å². The molecular weight excluding hydrogens is 292 g/mol. The van der Waals surface area contributed by atoms with Gasteiger partial charge in [-0.1, -0.05) is 18.2 Å². The van der Waals surface area contributed by atoms with Crippen molar-refractivity contribution in [3.8, 4) is 5.75 Å². The SMILES string of the molecule is O=C(O)C1(O)C[C@@H](O)C(O)[C@H](O)C1C1COc2ccccc21. The van der Waals surface area contributed by atoms with E-state index in [9.17, 15) is 30.3 Å². The normalized spacial score (nSPS) is 40.8. The van der Waals surface area contributed by atoms with Gasteiger partial charge >= 0.3 is 5.97 Å². The van der Waals surface area contributed by atoms with Gasteiger partial charge in [-0.3, -0.25) is 0 Å². The van der Waals surface area contributed by atoms with Gasteiger partial charge in [0.1, 0.15) is 11.9 Å². The summed E-state index contributed by atoms with van der Waals surface area (Å²) in [5, 5.41) is 49.9. The monoisotopic (exact) mass is 310 g/mol. The molecule has 1 fully saturated rings. The van der Waals surface area contributed by atoms with Gasteiger partial charge in [-0.15, -0.1) is 0 Å². The molecule has 22 heavy (non-hydrogen) atoms. The van der Waals surface area contributed by atoms with Gasteiger partial charge in [0.15, 0.2) is 5.60 Å². The fourth-order valence-electron chi connectivity index (χ4n) is 3.58. The van der Waals surface area contributed by atoms with Crippen LogP contribution in [0.3, 0.4) is 0 Å². The number of aliphatic carboxylic acids is 1. The van der Waals surface area contributed by atoms with E-state index >= 15 is 0 Å². The average Bonchev–Trinajstić information content (AvgIpc) is 2.89. The first-order valence-corrected chi connectivity index (χ1v) is 7.08. The first kappa shape index (κ1) is 15.2. The molecule has 1 aliphatic heterocycles. The van der Waals surface area contributed by atoms with E-state index in [4.69, 9.17) is 4.74 Å². The number of ether oxygens (including phenoxy) is 1. The lowest BCUT2D eigenvalue weighted by atomic mass is 9.64. The zero-order valence-corrected chi connectivity index (χ0v) is 11.7. The first-order valence-electron chi connectivity index (χ1n) is 7.08. The number of carboxylic acid groups (broad SMARTS) is 1. The fourth-order valence-corrected chi connectivity index (χ4v) is 3.58. The number of hydrogen-bond donors (Lipinski definition) is 5. The van der Waals surface area contributed by atoms with Crippen molar-refractivity contribution in [2.45, 2.75) is 36.3 Å². The van der Waals surface area contributed by atoms with Crippen LogP contribution in [-0.4, -0.2) is 62.0 Å². The topological polar surface area (TPSA) is 127 Å². The minimum atomic E-state index is -2.34. The van der Waals surface area contributed by atoms with Crippen molar-refractivity contribution in [3.05, 3.63) is 29.8 Å². The highest BCUT2D eigenvalue weighted by Gasteiger charge is 2.59. The first-order chi connectivity index (χ1) is 10.4. The lowest BCUT2D eigenvalue weighted by Gasteiger charge is -2.46. The quantitative estimate of drug-likeness (QED) is 0.478. The smallest absolute Gasteiger partial charge is 0.336 e. The van der Waals surface area contributed by atoms with E-state index < -0.39 is 48.1 Å². The zero-order chi connectivity index (χ0) is 16.1. The number of aliphatic hydroxyl groups excluding tert-OH is 3. The van der Waals surface area contributed by atoms with Crippen molar-refractivity contribution in [1.82, 2.24) is 0 Å². The Balaban J connectivity index is 2.04. The third-order valence-electron chi connectivity index (χ3n) is 4.72. The Morgan fingerprint density at radius 2 is 1.86 bits per heavy atom. The number of carbonyl (C=O) groups is 1. The maximum absolute atomic E-state index is 11.6. The molecule has 120 valence electrons. The second kappa shape index (κ2) is 5.20. The van der Waals surface area contributed by atoms with Crippen LogP contribution in [0, 0.1) is 5.92 Å². The van der Waals surface area contributed by atoms with Gasteiger partial charge < -0.3 is 30.3 Å². The Morgan fingerprint density at radius 1 is 1.18 bits per heavy atom. The molecule has 2 aliphatic rings. The number of aliphatic hydroxyl groups is 4. The van der Waals surface area contributed by atoms with E-state index in [1.807, 2.05) is 0 Å². The predicted molar refractivity (Wildman–Crippen MR) is 73.4 cm³/mol. The lowest BCUT2D eigenvalue weighted by molar-refractivity contribution is -0.213. The summed E-state index contributed by atoms with van der Waals surface area (Å²) in [5.41, 5.74) is -1.67. The average molecular weight is 310 g/mol. The van der Waals surface area contributed by atoms with E-state index in [0.29, 0.717) is 11.3 Å². The molecule has 4 unspecified atom stereocenters. The molecule has 0 radical (unpaired) electrons. The molecule has 5 N–H and O–H groups in total. The summed E-state index contributed by atoms with van der Waals surface area (Å²) >= 11 is 0. The van der Waals surface area contributed by atoms with Crippen molar-refractivity contribution >= 4 is 5.97 Å². The van der Waals surface area contributed by atoms with Crippen LogP contribution < -0.4 is 4.74 Å². The molecule has 1 heterocycles. The lowest BCUT2D eigenvalue weighted by Crippen LogP contribution is -2.64. The third-order valence-corrected chi connectivity index (χ3v) is 4.72. The second-order valence-electron chi connectivity index (χ2n) is 5.96. The van der Waals surface area contributed by atoms with Gasteiger partial charge in [-0.05, 0) is 6.07 Å². The molecule has 0 aromatic heterocycles. The minimum absolute atomic E-state index is 0.0967. The van der Waals surface area contributed by atoms with E-state index in [2.05, 4.69) is 0 Å². The van der Waals surface area contributed by atoms with Crippen molar-refractivity contribution in [1.29, 1.82) is 0 Å². The second-order valence-corrected chi connectivity index (χ2v) is 5.96. The van der Waals surface area contributed by atoms with Gasteiger partial charge in [0, 0.05) is 23.8 Å². The molecular formula is C15H18O7. The summed E-state index contributed by atoms with van der Waals surface area (Å²) in [4.78, 5) is 11.6. The number of hydrogen-bond acceptors (Lipinski definition) is 6. The highest BCUT2D eigenvalue weighted by Crippen LogP contribution is 2.48. The molecule has 0 saturated heterocycles. The standard InChI is InChI=1S/C15H18O7/c16-9-5-15(21,14(19)20)11(13(18)12(9)17)8-6-22-10-4-2-1-3-7(8)10/h1-4,8-9,11-13,16-18,21H,5-6H2,(H,19,20)/t8?,9-,11?,12?,13-,15?/m1/s1. The molecule has 3 rings (SSSR count). The summed E-state index contributed by atoms with van der Waals surface area (Å²) in [6, 6.07) is 6.97. The van der Waals surface area contributed by atoms with E-state index in [-0.39, 0.29) is 6.61 Å². The van der Waals surface area contributed by atoms with Crippen molar-refractivity contribution < 1.29 is 35.1 Å². The minimum Gasteiger partial charge on any atom is -0.493 e. The van der Waals surface area contributed by atoms with Crippen molar-refractivity contribution in [3.63, 3.8) is 0 Å². The molecule has 0 bridgehead atoms. The maximum atomic E-state index is 11.6. The van der Waals surface area contributed by atoms with Crippen LogP contribution in [0.2, 0.25) is 0 Å². The van der Waals surface area contributed by atoms with E-state index in [1.165, 1.54) is 0 Å². The van der Waals surface area contributed by atoms with Crippen LogP contribution >= 0.6 is 0 Å². The molecule has 0 amide bonds. The molecule has 6 atom stereocenters. The van der Waals surface area contributed by atoms with E-state index in [1.54, 1.807) is 24.3 Å². The number of fused-ring (bicyclic) bond motifs is 1. The van der Waals surface area contributed by atoms with Gasteiger partial charge in [0.2, 0.25) is 0 Å². The Bertz CT molecular complexity index is 589. The Hall–Kier alpha value is -1.67. The summed E-state index contributed by atoms with van der Waals surface area (Å²) in [7, 11) is 0.